The number of hydrogen-bond donors (Lipinski definition) is 1. The largest absolute Gasteiger partial charge is 0.378 e. The SMILES string of the molecule is CN=C(NCC1CN(C)CCN1C)N1CCC(OCC2CCCC2)CC1. The standard InChI is InChI=1S/C20H39N5O/c1-21-20(22-14-18-15-23(2)12-13-24(18)3)25-10-8-19(9-11-25)26-16-17-6-4-5-7-17/h17-19H,4-16H2,1-3H3,(H,21,22). The van der Waals surface area contributed by atoms with Gasteiger partial charge in [0.25, 0.3) is 0 Å². The second kappa shape index (κ2) is 9.90. The Kier molecular flexibility index (Phi) is 7.58. The molecule has 0 aromatic rings. The van der Waals surface area contributed by atoms with Crippen molar-refractivity contribution < 1.29 is 4.74 Å². The van der Waals surface area contributed by atoms with Crippen molar-refractivity contribution in [2.75, 3.05) is 67.0 Å². The van der Waals surface area contributed by atoms with E-state index in [0.29, 0.717) is 12.1 Å². The first-order valence-electron chi connectivity index (χ1n) is 10.6. The molecule has 6 nitrogen and oxygen atoms in total. The lowest BCUT2D eigenvalue weighted by atomic mass is 10.1. The summed E-state index contributed by atoms with van der Waals surface area (Å²) in [7, 11) is 6.35. The Morgan fingerprint density at radius 3 is 2.46 bits per heavy atom. The highest BCUT2D eigenvalue weighted by atomic mass is 16.5. The van der Waals surface area contributed by atoms with E-state index in [2.05, 4.69) is 39.1 Å². The summed E-state index contributed by atoms with van der Waals surface area (Å²) >= 11 is 0. The lowest BCUT2D eigenvalue weighted by Gasteiger charge is -2.39. The maximum Gasteiger partial charge on any atom is 0.193 e. The average Bonchev–Trinajstić information content (AvgIpc) is 3.18. The van der Waals surface area contributed by atoms with Gasteiger partial charge in [0, 0.05) is 59.0 Å². The molecule has 0 radical (unpaired) electrons. The number of nitrogens with one attached hydrogen (secondary N) is 1. The molecule has 150 valence electrons. The van der Waals surface area contributed by atoms with Gasteiger partial charge in [-0.25, -0.2) is 0 Å². The van der Waals surface area contributed by atoms with E-state index in [1.807, 2.05) is 7.05 Å². The number of guanidine groups is 1. The van der Waals surface area contributed by atoms with Crippen LogP contribution in [0.3, 0.4) is 0 Å². The van der Waals surface area contributed by atoms with E-state index in [1.54, 1.807) is 0 Å². The van der Waals surface area contributed by atoms with Crippen molar-refractivity contribution in [2.45, 2.75) is 50.7 Å². The van der Waals surface area contributed by atoms with Gasteiger partial charge < -0.3 is 19.9 Å². The molecule has 0 bridgehead atoms. The van der Waals surface area contributed by atoms with E-state index >= 15 is 0 Å². The molecule has 3 aliphatic rings. The van der Waals surface area contributed by atoms with Crippen LogP contribution >= 0.6 is 0 Å². The Labute approximate surface area is 159 Å². The third kappa shape index (κ3) is 5.57. The lowest BCUT2D eigenvalue weighted by Crippen LogP contribution is -2.56. The second-order valence-corrected chi connectivity index (χ2v) is 8.50. The Balaban J connectivity index is 1.37. The van der Waals surface area contributed by atoms with E-state index in [9.17, 15) is 0 Å². The minimum Gasteiger partial charge on any atom is -0.378 e. The molecule has 26 heavy (non-hydrogen) atoms. The van der Waals surface area contributed by atoms with Crippen LogP contribution < -0.4 is 5.32 Å². The van der Waals surface area contributed by atoms with Gasteiger partial charge in [-0.1, -0.05) is 12.8 Å². The van der Waals surface area contributed by atoms with Crippen LogP contribution in [0.4, 0.5) is 0 Å². The smallest absolute Gasteiger partial charge is 0.193 e. The predicted molar refractivity (Wildman–Crippen MR) is 108 cm³/mol. The monoisotopic (exact) mass is 365 g/mol. The van der Waals surface area contributed by atoms with Crippen molar-refractivity contribution in [3.05, 3.63) is 0 Å². The second-order valence-electron chi connectivity index (χ2n) is 8.50. The molecule has 0 aromatic heterocycles. The summed E-state index contributed by atoms with van der Waals surface area (Å²) < 4.78 is 6.21. The molecule has 0 amide bonds. The van der Waals surface area contributed by atoms with Gasteiger partial charge in [0.2, 0.25) is 0 Å². The molecule has 6 heteroatoms. The van der Waals surface area contributed by atoms with Crippen molar-refractivity contribution in [3.8, 4) is 0 Å². The van der Waals surface area contributed by atoms with E-state index in [1.165, 1.54) is 25.7 Å². The van der Waals surface area contributed by atoms with Crippen molar-refractivity contribution in [3.63, 3.8) is 0 Å². The van der Waals surface area contributed by atoms with Crippen molar-refractivity contribution in [1.29, 1.82) is 0 Å². The summed E-state index contributed by atoms with van der Waals surface area (Å²) in [5.74, 6) is 1.88. The van der Waals surface area contributed by atoms with Crippen LogP contribution in [0.15, 0.2) is 4.99 Å². The zero-order valence-corrected chi connectivity index (χ0v) is 17.1. The molecule has 3 rings (SSSR count). The maximum absolute atomic E-state index is 6.21. The number of piperidine rings is 1. The lowest BCUT2D eigenvalue weighted by molar-refractivity contribution is 0.000936. The number of aliphatic imine (C=N–C) groups is 1. The number of hydrogen-bond acceptors (Lipinski definition) is 4. The molecular weight excluding hydrogens is 326 g/mol. The summed E-state index contributed by atoms with van der Waals surface area (Å²) in [6.07, 6.45) is 8.25. The first-order valence-corrected chi connectivity index (χ1v) is 10.6. The molecule has 2 aliphatic heterocycles. The fourth-order valence-corrected chi connectivity index (χ4v) is 4.55. The third-order valence-electron chi connectivity index (χ3n) is 6.47. The Hall–Kier alpha value is -0.850. The van der Waals surface area contributed by atoms with Gasteiger partial charge in [-0.3, -0.25) is 9.89 Å². The molecule has 0 aromatic carbocycles. The number of piperazine rings is 1. The first kappa shape index (κ1) is 19.9. The zero-order chi connectivity index (χ0) is 18.4. The van der Waals surface area contributed by atoms with E-state index in [4.69, 9.17) is 4.74 Å². The molecular formula is C20H39N5O. The summed E-state index contributed by atoms with van der Waals surface area (Å²) in [4.78, 5) is 11.8. The van der Waals surface area contributed by atoms with Crippen LogP contribution in [0.5, 0.6) is 0 Å². The summed E-state index contributed by atoms with van der Waals surface area (Å²) in [5.41, 5.74) is 0. The van der Waals surface area contributed by atoms with Crippen LogP contribution in [0.2, 0.25) is 0 Å². The van der Waals surface area contributed by atoms with Gasteiger partial charge in [-0.15, -0.1) is 0 Å². The fraction of sp³-hybridized carbons (Fsp3) is 0.950. The first-order chi connectivity index (χ1) is 12.7. The normalized spacial score (nSPS) is 28.0. The minimum absolute atomic E-state index is 0.447. The predicted octanol–water partition coefficient (Wildman–Crippen LogP) is 1.48. The molecule has 2 heterocycles. The van der Waals surface area contributed by atoms with Crippen molar-refractivity contribution in [1.82, 2.24) is 20.0 Å². The molecule has 2 saturated heterocycles. The molecule has 1 aliphatic carbocycles. The van der Waals surface area contributed by atoms with Gasteiger partial charge in [0.05, 0.1) is 6.10 Å². The Bertz CT molecular complexity index is 443. The van der Waals surface area contributed by atoms with Crippen LogP contribution in [0, 0.1) is 5.92 Å². The average molecular weight is 366 g/mol. The minimum atomic E-state index is 0.447. The van der Waals surface area contributed by atoms with Gasteiger partial charge in [0.1, 0.15) is 0 Å². The number of likely N-dealkylation sites (tertiary alicyclic amines) is 1. The van der Waals surface area contributed by atoms with Gasteiger partial charge in [-0.05, 0) is 45.7 Å². The van der Waals surface area contributed by atoms with E-state index in [0.717, 1.165) is 70.6 Å². The summed E-state index contributed by atoms with van der Waals surface area (Å²) in [6.45, 7) is 7.48. The Morgan fingerprint density at radius 1 is 1.04 bits per heavy atom. The molecule has 0 spiro atoms. The quantitative estimate of drug-likeness (QED) is 0.590. The van der Waals surface area contributed by atoms with Gasteiger partial charge >= 0.3 is 0 Å². The number of rotatable bonds is 5. The molecule has 3 fully saturated rings. The van der Waals surface area contributed by atoms with Crippen molar-refractivity contribution >= 4 is 5.96 Å². The van der Waals surface area contributed by atoms with E-state index < -0.39 is 0 Å². The van der Waals surface area contributed by atoms with Crippen LogP contribution in [-0.4, -0.2) is 99.8 Å². The Morgan fingerprint density at radius 2 is 1.77 bits per heavy atom. The summed E-state index contributed by atoms with van der Waals surface area (Å²) in [5, 5.41) is 3.62. The number of ether oxygens (including phenoxy) is 1. The highest BCUT2D eigenvalue weighted by Gasteiger charge is 2.26. The molecule has 1 N–H and O–H groups in total. The molecule has 1 saturated carbocycles. The van der Waals surface area contributed by atoms with Crippen LogP contribution in [0.25, 0.3) is 0 Å². The van der Waals surface area contributed by atoms with Gasteiger partial charge in [0.15, 0.2) is 5.96 Å². The number of likely N-dealkylation sites (N-methyl/N-ethyl adjacent to an activating group) is 2. The zero-order valence-electron chi connectivity index (χ0n) is 17.1. The van der Waals surface area contributed by atoms with Crippen LogP contribution in [0.1, 0.15) is 38.5 Å². The van der Waals surface area contributed by atoms with E-state index in [-0.39, 0.29) is 0 Å². The maximum atomic E-state index is 6.21. The highest BCUT2D eigenvalue weighted by Crippen LogP contribution is 2.26. The van der Waals surface area contributed by atoms with Gasteiger partial charge in [-0.2, -0.15) is 0 Å². The fourth-order valence-electron chi connectivity index (χ4n) is 4.55. The summed E-state index contributed by atoms with van der Waals surface area (Å²) in [6, 6.07) is 0.554. The van der Waals surface area contributed by atoms with Crippen molar-refractivity contribution in [2.24, 2.45) is 10.9 Å². The molecule has 1 atom stereocenters. The third-order valence-corrected chi connectivity index (χ3v) is 6.47. The number of nitrogens with zero attached hydrogens (tertiary/aromatic N) is 4. The topological polar surface area (TPSA) is 43.3 Å². The van der Waals surface area contributed by atoms with Crippen LogP contribution in [-0.2, 0) is 4.74 Å². The molecule has 1 unspecified atom stereocenters. The highest BCUT2D eigenvalue weighted by molar-refractivity contribution is 5.80.